The van der Waals surface area contributed by atoms with Crippen LogP contribution >= 0.6 is 0 Å². The van der Waals surface area contributed by atoms with Crippen LogP contribution in [0.3, 0.4) is 0 Å². The molecule has 0 radical (unpaired) electrons. The van der Waals surface area contributed by atoms with Gasteiger partial charge < -0.3 is 16.0 Å². The minimum Gasteiger partial charge on any atom is -0.368 e. The number of nitrogens with two attached hydrogens (primary N) is 1. The van der Waals surface area contributed by atoms with E-state index in [0.717, 1.165) is 13.1 Å². The maximum atomic E-state index is 11.1. The molecule has 5 nitrogen and oxygen atoms in total. The number of hydrogen-bond acceptors (Lipinski definition) is 4. The molecule has 1 fully saturated rings. The molecule has 0 aliphatic carbocycles. The number of nitrogens with zero attached hydrogens (tertiary/aromatic N) is 2. The summed E-state index contributed by atoms with van der Waals surface area (Å²) in [7, 11) is 5.99. The third-order valence-corrected chi connectivity index (χ3v) is 3.44. The summed E-state index contributed by atoms with van der Waals surface area (Å²) in [5.74, 6) is 0.365. The quantitative estimate of drug-likeness (QED) is 0.630. The van der Waals surface area contributed by atoms with E-state index in [0.29, 0.717) is 18.5 Å². The average molecular weight is 228 g/mol. The molecule has 3 atom stereocenters. The van der Waals surface area contributed by atoms with Crippen molar-refractivity contribution < 1.29 is 4.79 Å². The molecule has 1 amide bonds. The normalized spacial score (nSPS) is 28.6. The lowest BCUT2D eigenvalue weighted by Crippen LogP contribution is -2.47. The lowest BCUT2D eigenvalue weighted by atomic mass is 10.1. The van der Waals surface area contributed by atoms with Crippen molar-refractivity contribution in [2.24, 2.45) is 11.7 Å². The number of hydrogen-bond donors (Lipinski definition) is 2. The van der Waals surface area contributed by atoms with Crippen molar-refractivity contribution in [3.63, 3.8) is 0 Å². The molecule has 16 heavy (non-hydrogen) atoms. The van der Waals surface area contributed by atoms with Crippen molar-refractivity contribution in [3.8, 4) is 0 Å². The summed E-state index contributed by atoms with van der Waals surface area (Å²) >= 11 is 0. The Labute approximate surface area is 98.0 Å². The predicted molar refractivity (Wildman–Crippen MR) is 65.1 cm³/mol. The fraction of sp³-hybridized carbons (Fsp3) is 0.909. The summed E-state index contributed by atoms with van der Waals surface area (Å²) in [5, 5.41) is 2.96. The van der Waals surface area contributed by atoms with Gasteiger partial charge in [0.15, 0.2) is 0 Å². The molecule has 5 heteroatoms. The third-order valence-electron chi connectivity index (χ3n) is 3.44. The maximum absolute atomic E-state index is 11.1. The molecular weight excluding hydrogens is 204 g/mol. The number of likely N-dealkylation sites (tertiary alicyclic amines) is 1. The fourth-order valence-corrected chi connectivity index (χ4v) is 2.45. The number of rotatable bonds is 5. The summed E-state index contributed by atoms with van der Waals surface area (Å²) in [6.45, 7) is 5.01. The van der Waals surface area contributed by atoms with E-state index in [-0.39, 0.29) is 11.9 Å². The largest absolute Gasteiger partial charge is 0.368 e. The van der Waals surface area contributed by atoms with Crippen LogP contribution in [-0.2, 0) is 4.79 Å². The van der Waals surface area contributed by atoms with Crippen molar-refractivity contribution in [1.29, 1.82) is 0 Å². The van der Waals surface area contributed by atoms with E-state index >= 15 is 0 Å². The van der Waals surface area contributed by atoms with E-state index in [9.17, 15) is 4.79 Å². The summed E-state index contributed by atoms with van der Waals surface area (Å²) < 4.78 is 0. The van der Waals surface area contributed by atoms with Gasteiger partial charge in [0.2, 0.25) is 5.91 Å². The monoisotopic (exact) mass is 228 g/mol. The van der Waals surface area contributed by atoms with Gasteiger partial charge in [-0.3, -0.25) is 9.69 Å². The highest BCUT2D eigenvalue weighted by molar-refractivity contribution is 5.80. The Morgan fingerprint density at radius 3 is 2.56 bits per heavy atom. The van der Waals surface area contributed by atoms with Crippen LogP contribution < -0.4 is 11.1 Å². The van der Waals surface area contributed by atoms with E-state index in [4.69, 9.17) is 5.73 Å². The van der Waals surface area contributed by atoms with Crippen molar-refractivity contribution in [2.45, 2.75) is 19.0 Å². The lowest BCUT2D eigenvalue weighted by molar-refractivity contribution is -0.120. The second-order valence-electron chi connectivity index (χ2n) is 4.97. The number of carbonyl (C=O) groups excluding carboxylic acids is 1. The van der Waals surface area contributed by atoms with Crippen LogP contribution in [0.4, 0.5) is 0 Å². The molecule has 1 saturated heterocycles. The Balaban J connectivity index is 2.49. The van der Waals surface area contributed by atoms with E-state index in [1.165, 1.54) is 0 Å². The second-order valence-corrected chi connectivity index (χ2v) is 4.97. The molecule has 94 valence electrons. The maximum Gasteiger partial charge on any atom is 0.235 e. The molecule has 1 rings (SSSR count). The first-order chi connectivity index (χ1) is 7.45. The van der Waals surface area contributed by atoms with E-state index in [1.54, 1.807) is 7.05 Å². The topological polar surface area (TPSA) is 61.6 Å². The standard InChI is InChI=1S/C11H24N4O/c1-8-5-15(7-10(8)14(3)4)6-9(13-2)11(12)16/h8-10,13H,5-7H2,1-4H3,(H2,12,16). The Bertz CT molecular complexity index is 244. The molecule has 0 aromatic carbocycles. The second kappa shape index (κ2) is 5.61. The molecule has 0 spiro atoms. The van der Waals surface area contributed by atoms with Gasteiger partial charge in [-0.1, -0.05) is 6.92 Å². The molecule has 0 bridgehead atoms. The van der Waals surface area contributed by atoms with Crippen LogP contribution in [0.2, 0.25) is 0 Å². The Hall–Kier alpha value is -0.650. The highest BCUT2D eigenvalue weighted by atomic mass is 16.1. The molecule has 0 aromatic rings. The molecular formula is C11H24N4O. The van der Waals surface area contributed by atoms with Gasteiger partial charge >= 0.3 is 0 Å². The minimum atomic E-state index is -0.275. The van der Waals surface area contributed by atoms with Crippen LogP contribution in [0.5, 0.6) is 0 Å². The van der Waals surface area contributed by atoms with Crippen molar-refractivity contribution in [2.75, 3.05) is 40.8 Å². The minimum absolute atomic E-state index is 0.242. The van der Waals surface area contributed by atoms with Gasteiger partial charge in [-0.15, -0.1) is 0 Å². The molecule has 1 aliphatic rings. The highest BCUT2D eigenvalue weighted by Gasteiger charge is 2.32. The SMILES string of the molecule is CNC(CN1CC(C)C(N(C)C)C1)C(N)=O. The van der Waals surface area contributed by atoms with Gasteiger partial charge in [-0.25, -0.2) is 0 Å². The number of carbonyl (C=O) groups is 1. The Morgan fingerprint density at radius 1 is 1.56 bits per heavy atom. The summed E-state index contributed by atoms with van der Waals surface area (Å²) in [6.07, 6.45) is 0. The zero-order chi connectivity index (χ0) is 12.3. The number of amides is 1. The molecule has 0 saturated carbocycles. The Morgan fingerprint density at radius 2 is 2.19 bits per heavy atom. The molecule has 1 aliphatic heterocycles. The zero-order valence-corrected chi connectivity index (χ0v) is 10.7. The highest BCUT2D eigenvalue weighted by Crippen LogP contribution is 2.19. The number of nitrogens with one attached hydrogen (secondary N) is 1. The summed E-state index contributed by atoms with van der Waals surface area (Å²) in [6, 6.07) is 0.332. The summed E-state index contributed by atoms with van der Waals surface area (Å²) in [5.41, 5.74) is 5.32. The van der Waals surface area contributed by atoms with Gasteiger partial charge in [0.05, 0.1) is 6.04 Å². The van der Waals surface area contributed by atoms with Gasteiger partial charge in [-0.2, -0.15) is 0 Å². The molecule has 1 heterocycles. The number of primary amides is 1. The van der Waals surface area contributed by atoms with Crippen LogP contribution in [-0.4, -0.2) is 68.6 Å². The van der Waals surface area contributed by atoms with E-state index in [2.05, 4.69) is 36.1 Å². The van der Waals surface area contributed by atoms with Crippen LogP contribution in [0.25, 0.3) is 0 Å². The smallest absolute Gasteiger partial charge is 0.235 e. The van der Waals surface area contributed by atoms with Crippen molar-refractivity contribution in [3.05, 3.63) is 0 Å². The fourth-order valence-electron chi connectivity index (χ4n) is 2.45. The number of likely N-dealkylation sites (N-methyl/N-ethyl adjacent to an activating group) is 2. The first-order valence-electron chi connectivity index (χ1n) is 5.81. The van der Waals surface area contributed by atoms with Gasteiger partial charge in [0.1, 0.15) is 0 Å². The van der Waals surface area contributed by atoms with Crippen molar-refractivity contribution >= 4 is 5.91 Å². The van der Waals surface area contributed by atoms with Crippen molar-refractivity contribution in [1.82, 2.24) is 15.1 Å². The third kappa shape index (κ3) is 3.17. The van der Waals surface area contributed by atoms with Gasteiger partial charge in [0, 0.05) is 25.7 Å². The van der Waals surface area contributed by atoms with E-state index < -0.39 is 0 Å². The predicted octanol–water partition coefficient (Wildman–Crippen LogP) is -1.06. The van der Waals surface area contributed by atoms with Crippen LogP contribution in [0.1, 0.15) is 6.92 Å². The zero-order valence-electron chi connectivity index (χ0n) is 10.7. The van der Waals surface area contributed by atoms with Crippen LogP contribution in [0.15, 0.2) is 0 Å². The first kappa shape index (κ1) is 13.4. The van der Waals surface area contributed by atoms with E-state index in [1.807, 2.05) is 0 Å². The van der Waals surface area contributed by atoms with Gasteiger partial charge in [-0.05, 0) is 27.1 Å². The Kier molecular flexibility index (Phi) is 4.70. The molecule has 3 unspecified atom stereocenters. The van der Waals surface area contributed by atoms with Crippen LogP contribution in [0, 0.1) is 5.92 Å². The molecule has 3 N–H and O–H groups in total. The molecule has 0 aromatic heterocycles. The summed E-state index contributed by atoms with van der Waals surface area (Å²) in [4.78, 5) is 15.7. The van der Waals surface area contributed by atoms with Gasteiger partial charge in [0.25, 0.3) is 0 Å². The first-order valence-corrected chi connectivity index (χ1v) is 5.81. The average Bonchev–Trinajstić information content (AvgIpc) is 2.55. The lowest BCUT2D eigenvalue weighted by Gasteiger charge is -2.23.